The molecule has 2 heterocycles. The summed E-state index contributed by atoms with van der Waals surface area (Å²) >= 11 is -0.314. The van der Waals surface area contributed by atoms with Crippen LogP contribution in [0.1, 0.15) is 30.4 Å². The van der Waals surface area contributed by atoms with Gasteiger partial charge in [-0.3, -0.25) is 9.51 Å². The van der Waals surface area contributed by atoms with Gasteiger partial charge in [-0.2, -0.15) is 4.98 Å². The SMILES string of the molecule is Cc1ccc(-c2noc(=O)[nH]2)cc1Oc1nc2c(F)c(-c3ccc(C4(O)CCC4)cc3)c(F)cc2n1SF. The Morgan fingerprint density at radius 1 is 1.13 bits per heavy atom. The van der Waals surface area contributed by atoms with Gasteiger partial charge in [-0.15, -0.1) is 3.89 Å². The summed E-state index contributed by atoms with van der Waals surface area (Å²) < 4.78 is 56.0. The number of halogens is 3. The van der Waals surface area contributed by atoms with Crippen molar-refractivity contribution in [1.29, 1.82) is 0 Å². The summed E-state index contributed by atoms with van der Waals surface area (Å²) in [6, 6.07) is 11.9. The number of H-pyrrole nitrogens is 1. The van der Waals surface area contributed by atoms with E-state index in [0.717, 1.165) is 16.5 Å². The fourth-order valence-corrected chi connectivity index (χ4v) is 4.91. The van der Waals surface area contributed by atoms with Crippen molar-refractivity contribution in [3.8, 4) is 34.3 Å². The first-order valence-electron chi connectivity index (χ1n) is 11.6. The molecular formula is C26H19F3N4O4S. The van der Waals surface area contributed by atoms with Gasteiger partial charge in [0, 0.05) is 11.6 Å². The summed E-state index contributed by atoms with van der Waals surface area (Å²) in [7, 11) is 0. The molecule has 0 amide bonds. The van der Waals surface area contributed by atoms with Crippen LogP contribution in [0.15, 0.2) is 57.8 Å². The molecule has 3 aromatic carbocycles. The second kappa shape index (κ2) is 9.07. The number of hydrogen-bond acceptors (Lipinski definition) is 7. The maximum absolute atomic E-state index is 15.7. The third kappa shape index (κ3) is 3.96. The lowest BCUT2D eigenvalue weighted by Gasteiger charge is -2.37. The van der Waals surface area contributed by atoms with Crippen LogP contribution in [0.3, 0.4) is 0 Å². The van der Waals surface area contributed by atoms with Gasteiger partial charge in [-0.1, -0.05) is 41.6 Å². The minimum absolute atomic E-state index is 0.152. The molecule has 2 aromatic heterocycles. The molecule has 0 saturated heterocycles. The Balaban J connectivity index is 1.40. The van der Waals surface area contributed by atoms with Crippen molar-refractivity contribution in [3.05, 3.63) is 81.8 Å². The Labute approximate surface area is 217 Å². The number of aliphatic hydroxyl groups is 1. The van der Waals surface area contributed by atoms with Crippen LogP contribution in [0, 0.1) is 18.6 Å². The van der Waals surface area contributed by atoms with Gasteiger partial charge in [-0.05, 0) is 48.9 Å². The maximum Gasteiger partial charge on any atom is 0.439 e. The third-order valence-corrected chi connectivity index (χ3v) is 7.33. The van der Waals surface area contributed by atoms with Crippen LogP contribution < -0.4 is 10.5 Å². The van der Waals surface area contributed by atoms with Crippen LogP contribution in [0.4, 0.5) is 12.7 Å². The van der Waals surface area contributed by atoms with Crippen molar-refractivity contribution in [1.82, 2.24) is 19.1 Å². The van der Waals surface area contributed by atoms with Crippen molar-refractivity contribution in [2.75, 3.05) is 0 Å². The topological polar surface area (TPSA) is 106 Å². The molecule has 12 heteroatoms. The van der Waals surface area contributed by atoms with Crippen molar-refractivity contribution in [2.24, 2.45) is 0 Å². The minimum Gasteiger partial charge on any atom is -0.425 e. The highest BCUT2D eigenvalue weighted by molar-refractivity contribution is 7.93. The van der Waals surface area contributed by atoms with E-state index in [1.165, 1.54) is 6.07 Å². The first-order valence-corrected chi connectivity index (χ1v) is 12.3. The Morgan fingerprint density at radius 3 is 2.50 bits per heavy atom. The van der Waals surface area contributed by atoms with Gasteiger partial charge in [0.05, 0.1) is 16.7 Å². The zero-order valence-electron chi connectivity index (χ0n) is 19.8. The molecule has 1 aliphatic rings. The fourth-order valence-electron chi connectivity index (χ4n) is 4.55. The summed E-state index contributed by atoms with van der Waals surface area (Å²) in [6.45, 7) is 1.72. The Kier molecular flexibility index (Phi) is 5.80. The molecule has 0 atom stereocenters. The standard InChI is InChI=1S/C26H19F3N4O4S/c1-13-3-4-15(23-31-25(34)37-32-23)11-19(13)36-24-30-22-18(33(24)38-29)12-17(27)20(21(22)28)14-5-7-16(8-6-14)26(35)9-2-10-26/h3-8,11-12,35H,2,9-10H2,1H3,(H,31,32,34). The third-order valence-electron chi connectivity index (χ3n) is 6.84. The molecule has 1 aliphatic carbocycles. The molecule has 1 saturated carbocycles. The van der Waals surface area contributed by atoms with Gasteiger partial charge in [0.1, 0.15) is 17.1 Å². The van der Waals surface area contributed by atoms with E-state index in [1.807, 2.05) is 0 Å². The Morgan fingerprint density at radius 2 is 1.87 bits per heavy atom. The molecule has 194 valence electrons. The van der Waals surface area contributed by atoms with Crippen LogP contribution in [0.5, 0.6) is 11.8 Å². The fraction of sp³-hybridized carbons (Fsp3) is 0.192. The Bertz CT molecular complexity index is 1740. The van der Waals surface area contributed by atoms with Gasteiger partial charge >= 0.3 is 11.8 Å². The molecule has 0 radical (unpaired) electrons. The number of aromatic amines is 1. The van der Waals surface area contributed by atoms with E-state index in [9.17, 15) is 13.8 Å². The molecule has 8 nitrogen and oxygen atoms in total. The molecule has 0 spiro atoms. The smallest absolute Gasteiger partial charge is 0.425 e. The van der Waals surface area contributed by atoms with E-state index in [1.54, 1.807) is 43.3 Å². The van der Waals surface area contributed by atoms with E-state index in [-0.39, 0.29) is 52.1 Å². The number of fused-ring (bicyclic) bond motifs is 1. The normalized spacial score (nSPS) is 14.6. The lowest BCUT2D eigenvalue weighted by Crippen LogP contribution is -2.33. The van der Waals surface area contributed by atoms with E-state index in [4.69, 9.17) is 4.74 Å². The zero-order chi connectivity index (χ0) is 26.6. The monoisotopic (exact) mass is 540 g/mol. The van der Waals surface area contributed by atoms with Crippen molar-refractivity contribution in [2.45, 2.75) is 31.8 Å². The molecule has 6 rings (SSSR count). The van der Waals surface area contributed by atoms with Crippen molar-refractivity contribution < 1.29 is 27.0 Å². The number of aryl methyl sites for hydroxylation is 1. The van der Waals surface area contributed by atoms with Gasteiger partial charge in [0.15, 0.2) is 24.0 Å². The quantitative estimate of drug-likeness (QED) is 0.265. The van der Waals surface area contributed by atoms with E-state index >= 15 is 8.78 Å². The molecule has 0 unspecified atom stereocenters. The van der Waals surface area contributed by atoms with Crippen LogP contribution >= 0.6 is 12.3 Å². The first-order chi connectivity index (χ1) is 18.3. The predicted octanol–water partition coefficient (Wildman–Crippen LogP) is 6.18. The number of hydrogen-bond donors (Lipinski definition) is 2. The largest absolute Gasteiger partial charge is 0.439 e. The average Bonchev–Trinajstić information content (AvgIpc) is 3.47. The molecule has 2 N–H and O–H groups in total. The molecule has 1 fully saturated rings. The predicted molar refractivity (Wildman–Crippen MR) is 134 cm³/mol. The summed E-state index contributed by atoms with van der Waals surface area (Å²) in [4.78, 5) is 17.9. The summed E-state index contributed by atoms with van der Waals surface area (Å²) in [5, 5.41) is 14.2. The molecular weight excluding hydrogens is 521 g/mol. The van der Waals surface area contributed by atoms with Gasteiger partial charge in [0.25, 0.3) is 0 Å². The first kappa shape index (κ1) is 24.3. The van der Waals surface area contributed by atoms with Crippen LogP contribution in [0.25, 0.3) is 33.5 Å². The van der Waals surface area contributed by atoms with E-state index in [2.05, 4.69) is 19.6 Å². The number of rotatable bonds is 6. The van der Waals surface area contributed by atoms with Gasteiger partial charge in [-0.25, -0.2) is 17.5 Å². The molecule has 38 heavy (non-hydrogen) atoms. The second-order valence-electron chi connectivity index (χ2n) is 9.16. The maximum atomic E-state index is 15.7. The number of ether oxygens (including phenoxy) is 1. The van der Waals surface area contributed by atoms with Crippen molar-refractivity contribution in [3.63, 3.8) is 0 Å². The Hall–Kier alpha value is -4.03. The molecule has 5 aromatic rings. The van der Waals surface area contributed by atoms with E-state index in [0.29, 0.717) is 29.5 Å². The molecule has 0 aliphatic heterocycles. The highest BCUT2D eigenvalue weighted by Crippen LogP contribution is 2.42. The number of nitrogens with one attached hydrogen (secondary N) is 1. The van der Waals surface area contributed by atoms with Gasteiger partial charge in [0.2, 0.25) is 0 Å². The van der Waals surface area contributed by atoms with Crippen LogP contribution in [-0.2, 0) is 5.60 Å². The van der Waals surface area contributed by atoms with Crippen LogP contribution in [-0.4, -0.2) is 24.2 Å². The summed E-state index contributed by atoms with van der Waals surface area (Å²) in [6.07, 6.45) is 2.20. The highest BCUT2D eigenvalue weighted by Gasteiger charge is 2.36. The number of imidazole rings is 1. The highest BCUT2D eigenvalue weighted by atomic mass is 32.2. The molecule has 0 bridgehead atoms. The average molecular weight is 541 g/mol. The lowest BCUT2D eigenvalue weighted by molar-refractivity contribution is -0.0387. The number of aromatic nitrogens is 4. The minimum atomic E-state index is -0.974. The lowest BCUT2D eigenvalue weighted by atomic mass is 9.75. The van der Waals surface area contributed by atoms with Gasteiger partial charge < -0.3 is 9.84 Å². The summed E-state index contributed by atoms with van der Waals surface area (Å²) in [5.74, 6) is -2.23. The van der Waals surface area contributed by atoms with Crippen molar-refractivity contribution >= 4 is 23.4 Å². The zero-order valence-corrected chi connectivity index (χ0v) is 20.6. The summed E-state index contributed by atoms with van der Waals surface area (Å²) in [5.41, 5.74) is 0.363. The van der Waals surface area contributed by atoms with Crippen LogP contribution in [0.2, 0.25) is 0 Å². The second-order valence-corrected chi connectivity index (χ2v) is 9.66. The number of benzene rings is 3. The number of nitrogens with zero attached hydrogens (tertiary/aromatic N) is 3. The van der Waals surface area contributed by atoms with E-state index < -0.39 is 23.0 Å².